The fourth-order valence-corrected chi connectivity index (χ4v) is 0.788. The molecule has 0 atom stereocenters. The summed E-state index contributed by atoms with van der Waals surface area (Å²) in [5.74, 6) is 0. The van der Waals surface area contributed by atoms with E-state index in [1.54, 1.807) is 13.8 Å². The maximum Gasteiger partial charge on any atom is 0.0659 e. The summed E-state index contributed by atoms with van der Waals surface area (Å²) in [6, 6.07) is 0. The van der Waals surface area contributed by atoms with Gasteiger partial charge in [-0.15, -0.1) is 0 Å². The van der Waals surface area contributed by atoms with Crippen LogP contribution in [0.3, 0.4) is 0 Å². The van der Waals surface area contributed by atoms with Crippen LogP contribution in [-0.4, -0.2) is 16.2 Å². The Morgan fingerprint density at radius 2 is 1.18 bits per heavy atom. The van der Waals surface area contributed by atoms with Crippen LogP contribution >= 0.6 is 0 Å². The quantitative estimate of drug-likeness (QED) is 0.641. The van der Waals surface area contributed by atoms with Gasteiger partial charge in [0.15, 0.2) is 0 Å². The molecule has 2 heteroatoms. The zero-order valence-electron chi connectivity index (χ0n) is 8.52. The molecule has 0 amide bonds. The van der Waals surface area contributed by atoms with E-state index < -0.39 is 5.60 Å². The molecule has 0 aliphatic rings. The van der Waals surface area contributed by atoms with E-state index >= 15 is 0 Å². The Labute approximate surface area is 69.8 Å². The normalized spacial score (nSPS) is 15.3. The maximum atomic E-state index is 9.80. The Bertz CT molecular complexity index is 121. The molecule has 2 nitrogen and oxygen atoms in total. The lowest BCUT2D eigenvalue weighted by Gasteiger charge is -2.47. The average molecular weight is 159 g/mol. The van der Waals surface area contributed by atoms with Gasteiger partial charge in [0.2, 0.25) is 0 Å². The van der Waals surface area contributed by atoms with Crippen molar-refractivity contribution in [3.8, 4) is 0 Å². The molecule has 0 bridgehead atoms. The van der Waals surface area contributed by atoms with Crippen molar-refractivity contribution in [1.29, 1.82) is 0 Å². The van der Waals surface area contributed by atoms with Crippen LogP contribution in [-0.2, 0) is 0 Å². The molecule has 0 fully saturated rings. The Morgan fingerprint density at radius 1 is 0.909 bits per heavy atom. The molecule has 0 saturated carbocycles. The number of aliphatic hydroxyl groups is 1. The third kappa shape index (κ3) is 1.94. The van der Waals surface area contributed by atoms with Gasteiger partial charge in [-0.05, 0) is 27.7 Å². The van der Waals surface area contributed by atoms with Gasteiger partial charge in [0.1, 0.15) is 0 Å². The van der Waals surface area contributed by atoms with Gasteiger partial charge in [0.05, 0.1) is 5.60 Å². The second-order valence-electron chi connectivity index (χ2n) is 4.91. The molecule has 0 aromatic carbocycles. The predicted molar refractivity (Wildman–Crippen MR) is 48.3 cm³/mol. The molecule has 0 radical (unpaired) electrons. The molecular weight excluding hydrogens is 138 g/mol. The van der Waals surface area contributed by atoms with Gasteiger partial charge in [0, 0.05) is 11.0 Å². The van der Waals surface area contributed by atoms with E-state index in [2.05, 4.69) is 0 Å². The van der Waals surface area contributed by atoms with E-state index in [0.29, 0.717) is 0 Å². The van der Waals surface area contributed by atoms with Crippen LogP contribution in [0.25, 0.3) is 0 Å². The minimum absolute atomic E-state index is 0.292. The molecular formula is C9H21NO. The van der Waals surface area contributed by atoms with Crippen LogP contribution in [0.15, 0.2) is 0 Å². The van der Waals surface area contributed by atoms with Crippen LogP contribution in [0.4, 0.5) is 0 Å². The maximum absolute atomic E-state index is 9.80. The summed E-state index contributed by atoms with van der Waals surface area (Å²) in [6.07, 6.45) is 0. The minimum Gasteiger partial charge on any atom is -0.390 e. The van der Waals surface area contributed by atoms with Gasteiger partial charge in [-0.25, -0.2) is 0 Å². The SMILES string of the molecule is CC(C)(N)C(C)(C)C(C)(C)O. The summed E-state index contributed by atoms with van der Waals surface area (Å²) in [7, 11) is 0. The van der Waals surface area contributed by atoms with Gasteiger partial charge in [0.25, 0.3) is 0 Å². The van der Waals surface area contributed by atoms with E-state index in [1.165, 1.54) is 0 Å². The van der Waals surface area contributed by atoms with Crippen molar-refractivity contribution in [2.75, 3.05) is 0 Å². The monoisotopic (exact) mass is 159 g/mol. The van der Waals surface area contributed by atoms with Gasteiger partial charge in [-0.1, -0.05) is 13.8 Å². The lowest BCUT2D eigenvalue weighted by Crippen LogP contribution is -2.57. The zero-order chi connectivity index (χ0) is 9.50. The van der Waals surface area contributed by atoms with Crippen molar-refractivity contribution in [3.63, 3.8) is 0 Å². The highest BCUT2D eigenvalue weighted by Crippen LogP contribution is 2.38. The standard InChI is InChI=1S/C9H21NO/c1-7(2,8(3,4)10)9(5,6)11/h11H,10H2,1-6H3. The number of nitrogens with two attached hydrogens (primary N) is 1. The van der Waals surface area contributed by atoms with Gasteiger partial charge >= 0.3 is 0 Å². The molecule has 0 aliphatic heterocycles. The minimum atomic E-state index is -0.745. The molecule has 0 aromatic rings. The highest BCUT2D eigenvalue weighted by Gasteiger charge is 2.44. The van der Waals surface area contributed by atoms with Gasteiger partial charge in [-0.2, -0.15) is 0 Å². The first-order chi connectivity index (χ1) is 4.50. The molecule has 0 saturated heterocycles. The van der Waals surface area contributed by atoms with Crippen molar-refractivity contribution in [1.82, 2.24) is 0 Å². The van der Waals surface area contributed by atoms with Crippen LogP contribution in [0, 0.1) is 5.41 Å². The van der Waals surface area contributed by atoms with E-state index in [9.17, 15) is 5.11 Å². The molecule has 3 N–H and O–H groups in total. The second-order valence-corrected chi connectivity index (χ2v) is 4.91. The van der Waals surface area contributed by atoms with E-state index in [4.69, 9.17) is 5.73 Å². The van der Waals surface area contributed by atoms with Gasteiger partial charge < -0.3 is 10.8 Å². The third-order valence-corrected chi connectivity index (χ3v) is 3.14. The average Bonchev–Trinajstić information content (AvgIpc) is 1.58. The smallest absolute Gasteiger partial charge is 0.0659 e. The fraction of sp³-hybridized carbons (Fsp3) is 1.00. The summed E-state index contributed by atoms with van der Waals surface area (Å²) >= 11 is 0. The predicted octanol–water partition coefficient (Wildman–Crippen LogP) is 1.52. The number of hydrogen-bond donors (Lipinski definition) is 2. The number of rotatable bonds is 2. The van der Waals surface area contributed by atoms with Crippen LogP contribution in [0.2, 0.25) is 0 Å². The molecule has 0 spiro atoms. The van der Waals surface area contributed by atoms with Crippen LogP contribution in [0.5, 0.6) is 0 Å². The van der Waals surface area contributed by atoms with Gasteiger partial charge in [-0.3, -0.25) is 0 Å². The topological polar surface area (TPSA) is 46.2 Å². The number of hydrogen-bond acceptors (Lipinski definition) is 2. The largest absolute Gasteiger partial charge is 0.390 e. The highest BCUT2D eigenvalue weighted by molar-refractivity contribution is 4.99. The first-order valence-electron chi connectivity index (χ1n) is 4.01. The summed E-state index contributed by atoms with van der Waals surface area (Å²) in [6.45, 7) is 11.4. The molecule has 0 aliphatic carbocycles. The molecule has 0 rings (SSSR count). The van der Waals surface area contributed by atoms with E-state index in [-0.39, 0.29) is 11.0 Å². The second kappa shape index (κ2) is 2.46. The Kier molecular flexibility index (Phi) is 2.44. The fourth-order valence-electron chi connectivity index (χ4n) is 0.788. The van der Waals surface area contributed by atoms with Crippen molar-refractivity contribution in [2.45, 2.75) is 52.7 Å². The third-order valence-electron chi connectivity index (χ3n) is 3.14. The Morgan fingerprint density at radius 3 is 1.18 bits per heavy atom. The Balaban J connectivity index is 4.75. The van der Waals surface area contributed by atoms with Crippen LogP contribution in [0.1, 0.15) is 41.5 Å². The highest BCUT2D eigenvalue weighted by atomic mass is 16.3. The summed E-state index contributed by atoms with van der Waals surface area (Å²) in [5.41, 5.74) is 4.53. The zero-order valence-corrected chi connectivity index (χ0v) is 8.52. The molecule has 0 heterocycles. The Hall–Kier alpha value is -0.0800. The van der Waals surface area contributed by atoms with Crippen molar-refractivity contribution in [3.05, 3.63) is 0 Å². The van der Waals surface area contributed by atoms with Crippen molar-refractivity contribution in [2.24, 2.45) is 11.1 Å². The summed E-state index contributed by atoms with van der Waals surface area (Å²) in [5, 5.41) is 9.80. The molecule has 0 aromatic heterocycles. The first-order valence-corrected chi connectivity index (χ1v) is 4.01. The van der Waals surface area contributed by atoms with Crippen LogP contribution < -0.4 is 5.73 Å². The van der Waals surface area contributed by atoms with E-state index in [1.807, 2.05) is 27.7 Å². The van der Waals surface area contributed by atoms with E-state index in [0.717, 1.165) is 0 Å². The summed E-state index contributed by atoms with van der Waals surface area (Å²) < 4.78 is 0. The lowest BCUT2D eigenvalue weighted by atomic mass is 9.65. The first kappa shape index (κ1) is 10.9. The lowest BCUT2D eigenvalue weighted by molar-refractivity contribution is -0.0698. The van der Waals surface area contributed by atoms with Crippen molar-refractivity contribution < 1.29 is 5.11 Å². The molecule has 11 heavy (non-hydrogen) atoms. The summed E-state index contributed by atoms with van der Waals surface area (Å²) in [4.78, 5) is 0. The van der Waals surface area contributed by atoms with Crippen molar-refractivity contribution >= 4 is 0 Å². The molecule has 0 unspecified atom stereocenters. The molecule has 68 valence electrons.